The van der Waals surface area contributed by atoms with Crippen molar-refractivity contribution in [2.75, 3.05) is 0 Å². The Balaban J connectivity index is 2.75. The summed E-state index contributed by atoms with van der Waals surface area (Å²) in [6, 6.07) is 0. The summed E-state index contributed by atoms with van der Waals surface area (Å²) in [5.41, 5.74) is -0.0653. The SMILES string of the molecule is CCCCC1(Cl)N=CC(C(=O)O)=C(Cl)N1. The summed E-state index contributed by atoms with van der Waals surface area (Å²) in [6.45, 7) is 2.03. The van der Waals surface area contributed by atoms with Gasteiger partial charge in [0.2, 0.25) is 5.12 Å². The zero-order valence-electron chi connectivity index (χ0n) is 8.26. The highest BCUT2D eigenvalue weighted by Gasteiger charge is 2.30. The predicted octanol–water partition coefficient (Wildman–Crippen LogP) is 2.28. The highest BCUT2D eigenvalue weighted by molar-refractivity contribution is 6.36. The zero-order chi connectivity index (χ0) is 11.5. The summed E-state index contributed by atoms with van der Waals surface area (Å²) in [6.07, 6.45) is 3.67. The molecule has 84 valence electrons. The van der Waals surface area contributed by atoms with Crippen molar-refractivity contribution in [3.63, 3.8) is 0 Å². The van der Waals surface area contributed by atoms with E-state index in [2.05, 4.69) is 10.3 Å². The fourth-order valence-electron chi connectivity index (χ4n) is 1.18. The molecule has 1 unspecified atom stereocenters. The van der Waals surface area contributed by atoms with E-state index in [1.807, 2.05) is 6.92 Å². The minimum atomic E-state index is -1.12. The first-order valence-corrected chi connectivity index (χ1v) is 5.39. The molecule has 0 spiro atoms. The lowest BCUT2D eigenvalue weighted by molar-refractivity contribution is -0.132. The van der Waals surface area contributed by atoms with E-state index in [4.69, 9.17) is 28.3 Å². The summed E-state index contributed by atoms with van der Waals surface area (Å²) in [5.74, 6) is -1.12. The standard InChI is InChI=1S/C9H12Cl2N2O2/c1-2-3-4-9(11)12-5-6(8(14)15)7(10)13-9/h5,13H,2-4H2,1H3,(H,14,15). The molecule has 15 heavy (non-hydrogen) atoms. The Labute approximate surface area is 98.0 Å². The minimum Gasteiger partial charge on any atom is -0.478 e. The molecule has 0 fully saturated rings. The lowest BCUT2D eigenvalue weighted by Gasteiger charge is -2.27. The molecule has 1 heterocycles. The first-order chi connectivity index (χ1) is 6.98. The Kier molecular flexibility index (Phi) is 3.99. The Morgan fingerprint density at radius 2 is 2.40 bits per heavy atom. The molecule has 0 saturated carbocycles. The number of carbonyl (C=O) groups is 1. The van der Waals surface area contributed by atoms with Gasteiger partial charge in [0.15, 0.2) is 0 Å². The van der Waals surface area contributed by atoms with Gasteiger partial charge in [-0.3, -0.25) is 0 Å². The van der Waals surface area contributed by atoms with Gasteiger partial charge < -0.3 is 10.4 Å². The van der Waals surface area contributed by atoms with E-state index < -0.39 is 11.1 Å². The van der Waals surface area contributed by atoms with Gasteiger partial charge in [-0.15, -0.1) is 0 Å². The van der Waals surface area contributed by atoms with E-state index in [0.717, 1.165) is 12.8 Å². The molecule has 0 amide bonds. The second-order valence-electron chi connectivity index (χ2n) is 3.28. The number of rotatable bonds is 4. The van der Waals surface area contributed by atoms with Gasteiger partial charge >= 0.3 is 5.97 Å². The molecule has 0 bridgehead atoms. The van der Waals surface area contributed by atoms with E-state index >= 15 is 0 Å². The summed E-state index contributed by atoms with van der Waals surface area (Å²) >= 11 is 11.9. The molecule has 0 aliphatic carbocycles. The average molecular weight is 251 g/mol. The van der Waals surface area contributed by atoms with Crippen LogP contribution < -0.4 is 5.32 Å². The van der Waals surface area contributed by atoms with E-state index in [1.165, 1.54) is 6.21 Å². The maximum atomic E-state index is 10.7. The maximum Gasteiger partial charge on any atom is 0.340 e. The molecule has 0 aromatic carbocycles. The van der Waals surface area contributed by atoms with Gasteiger partial charge in [-0.1, -0.05) is 36.5 Å². The van der Waals surface area contributed by atoms with Crippen LogP contribution in [0.3, 0.4) is 0 Å². The van der Waals surface area contributed by atoms with Crippen molar-refractivity contribution < 1.29 is 9.90 Å². The third kappa shape index (κ3) is 3.11. The van der Waals surface area contributed by atoms with Crippen LogP contribution in [-0.2, 0) is 4.79 Å². The average Bonchev–Trinajstić information content (AvgIpc) is 2.14. The Hall–Kier alpha value is -0.740. The van der Waals surface area contributed by atoms with Crippen molar-refractivity contribution in [3.05, 3.63) is 10.7 Å². The van der Waals surface area contributed by atoms with Crippen molar-refractivity contribution in [2.24, 2.45) is 4.99 Å². The first-order valence-electron chi connectivity index (χ1n) is 4.64. The predicted molar refractivity (Wildman–Crippen MR) is 60.3 cm³/mol. The van der Waals surface area contributed by atoms with E-state index in [9.17, 15) is 4.79 Å². The summed E-state index contributed by atoms with van der Waals surface area (Å²) in [4.78, 5) is 14.6. The number of aliphatic imine (C=N–C) groups is 1. The number of hydrogen-bond acceptors (Lipinski definition) is 3. The second-order valence-corrected chi connectivity index (χ2v) is 4.28. The monoisotopic (exact) mass is 250 g/mol. The molecule has 6 heteroatoms. The molecule has 2 N–H and O–H groups in total. The van der Waals surface area contributed by atoms with Crippen LogP contribution in [0.1, 0.15) is 26.2 Å². The molecule has 1 aliphatic rings. The van der Waals surface area contributed by atoms with Crippen molar-refractivity contribution in [3.8, 4) is 0 Å². The van der Waals surface area contributed by atoms with Gasteiger partial charge in [0.1, 0.15) is 10.7 Å². The van der Waals surface area contributed by atoms with Crippen LogP contribution in [-0.4, -0.2) is 22.4 Å². The third-order valence-corrected chi connectivity index (χ3v) is 2.71. The molecule has 0 aromatic rings. The summed E-state index contributed by atoms with van der Waals surface area (Å²) in [7, 11) is 0. The van der Waals surface area contributed by atoms with Crippen LogP contribution in [0.15, 0.2) is 15.7 Å². The van der Waals surface area contributed by atoms with Crippen molar-refractivity contribution in [2.45, 2.75) is 31.3 Å². The van der Waals surface area contributed by atoms with Crippen LogP contribution in [0, 0.1) is 0 Å². The summed E-state index contributed by atoms with van der Waals surface area (Å²) < 4.78 is 0. The molecular formula is C9H12Cl2N2O2. The van der Waals surface area contributed by atoms with Crippen molar-refractivity contribution in [1.82, 2.24) is 5.32 Å². The quantitative estimate of drug-likeness (QED) is 0.595. The molecule has 1 rings (SSSR count). The number of nitrogens with one attached hydrogen (secondary N) is 1. The molecule has 1 aliphatic heterocycles. The van der Waals surface area contributed by atoms with Crippen molar-refractivity contribution in [1.29, 1.82) is 0 Å². The number of carboxylic acid groups (broad SMARTS) is 1. The van der Waals surface area contributed by atoms with Gasteiger partial charge in [0.05, 0.1) is 0 Å². The lowest BCUT2D eigenvalue weighted by atomic mass is 10.2. The van der Waals surface area contributed by atoms with E-state index in [1.54, 1.807) is 0 Å². The topological polar surface area (TPSA) is 61.7 Å². The molecule has 1 atom stereocenters. The highest BCUT2D eigenvalue weighted by atomic mass is 35.5. The lowest BCUT2D eigenvalue weighted by Crippen LogP contribution is -2.40. The number of unbranched alkanes of at least 4 members (excludes halogenated alkanes) is 1. The fourth-order valence-corrected chi connectivity index (χ4v) is 1.79. The number of halogens is 2. The first kappa shape index (κ1) is 12.3. The largest absolute Gasteiger partial charge is 0.478 e. The van der Waals surface area contributed by atoms with Crippen molar-refractivity contribution >= 4 is 35.4 Å². The summed E-state index contributed by atoms with van der Waals surface area (Å²) in [5, 5.41) is 10.5. The van der Waals surface area contributed by atoms with Crippen LogP contribution >= 0.6 is 23.2 Å². The zero-order valence-corrected chi connectivity index (χ0v) is 9.77. The number of carboxylic acids is 1. The maximum absolute atomic E-state index is 10.7. The molecular weight excluding hydrogens is 239 g/mol. The molecule has 0 radical (unpaired) electrons. The van der Waals surface area contributed by atoms with Gasteiger partial charge in [-0.05, 0) is 6.42 Å². The molecule has 0 saturated heterocycles. The third-order valence-electron chi connectivity index (χ3n) is 2.03. The van der Waals surface area contributed by atoms with Crippen LogP contribution in [0.25, 0.3) is 0 Å². The van der Waals surface area contributed by atoms with E-state index in [-0.39, 0.29) is 10.7 Å². The van der Waals surface area contributed by atoms with E-state index in [0.29, 0.717) is 6.42 Å². The Morgan fingerprint density at radius 1 is 1.73 bits per heavy atom. The smallest absolute Gasteiger partial charge is 0.340 e. The highest BCUT2D eigenvalue weighted by Crippen LogP contribution is 2.27. The van der Waals surface area contributed by atoms with Gasteiger partial charge in [0.25, 0.3) is 0 Å². The molecule has 4 nitrogen and oxygen atoms in total. The Bertz CT molecular complexity index is 328. The second kappa shape index (κ2) is 4.86. The molecule has 0 aromatic heterocycles. The number of aliphatic carboxylic acids is 1. The van der Waals surface area contributed by atoms with Crippen LogP contribution in [0.4, 0.5) is 0 Å². The fraction of sp³-hybridized carbons (Fsp3) is 0.556. The van der Waals surface area contributed by atoms with Gasteiger partial charge in [0, 0.05) is 12.6 Å². The minimum absolute atomic E-state index is 0.0311. The number of hydrogen-bond donors (Lipinski definition) is 2. The van der Waals surface area contributed by atoms with Crippen LogP contribution in [0.5, 0.6) is 0 Å². The number of alkyl halides is 1. The normalized spacial score (nSPS) is 25.3. The van der Waals surface area contributed by atoms with Gasteiger partial charge in [-0.25, -0.2) is 9.79 Å². The van der Waals surface area contributed by atoms with Gasteiger partial charge in [-0.2, -0.15) is 0 Å². The number of nitrogens with zero attached hydrogens (tertiary/aromatic N) is 1. The Morgan fingerprint density at radius 3 is 2.87 bits per heavy atom. The van der Waals surface area contributed by atoms with Crippen LogP contribution in [0.2, 0.25) is 0 Å².